The summed E-state index contributed by atoms with van der Waals surface area (Å²) in [6, 6.07) is 1.22. The van der Waals surface area contributed by atoms with Crippen LogP contribution in [0.4, 0.5) is 0 Å². The van der Waals surface area contributed by atoms with E-state index in [1.165, 1.54) is 14.2 Å². The van der Waals surface area contributed by atoms with E-state index in [9.17, 15) is 14.7 Å². The molecule has 0 radical (unpaired) electrons. The molecule has 2 heterocycles. The number of β-amino-alcohol motifs (C(OH)–C–C–N with tert-alkyl or cyclic N) is 1. The van der Waals surface area contributed by atoms with Crippen LogP contribution in [0.5, 0.6) is 0 Å². The molecule has 1 saturated heterocycles. The number of rotatable bonds is 4. The van der Waals surface area contributed by atoms with Gasteiger partial charge in [-0.05, 0) is 13.0 Å². The second-order valence-electron chi connectivity index (χ2n) is 5.07. The third-order valence-electron chi connectivity index (χ3n) is 3.55. The van der Waals surface area contributed by atoms with Crippen molar-refractivity contribution >= 4 is 11.9 Å². The predicted molar refractivity (Wildman–Crippen MR) is 71.6 cm³/mol. The summed E-state index contributed by atoms with van der Waals surface area (Å²) in [5.41, 5.74) is 0.672. The lowest BCUT2D eigenvalue weighted by molar-refractivity contribution is -0.146. The van der Waals surface area contributed by atoms with E-state index in [1.807, 2.05) is 0 Å². The molecule has 1 aliphatic rings. The van der Waals surface area contributed by atoms with Crippen molar-refractivity contribution in [3.63, 3.8) is 0 Å². The number of esters is 2. The zero-order valence-electron chi connectivity index (χ0n) is 12.3. The zero-order valence-corrected chi connectivity index (χ0v) is 12.3. The standard InChI is InChI=1S/C14H19NO6/c1-8-4-10(21-12(8)14(18)20-3)7-15-6-9(16)5-11(15)13(17)19-2/h4,9,11,16H,5-7H2,1-3H3. The Morgan fingerprint density at radius 1 is 1.43 bits per heavy atom. The molecule has 0 spiro atoms. The quantitative estimate of drug-likeness (QED) is 0.809. The van der Waals surface area contributed by atoms with Crippen LogP contribution in [0.2, 0.25) is 0 Å². The van der Waals surface area contributed by atoms with Crippen LogP contribution in [-0.4, -0.2) is 54.9 Å². The van der Waals surface area contributed by atoms with E-state index in [0.29, 0.717) is 30.8 Å². The Hall–Kier alpha value is -1.86. The Morgan fingerprint density at radius 3 is 2.76 bits per heavy atom. The Balaban J connectivity index is 2.13. The van der Waals surface area contributed by atoms with Crippen molar-refractivity contribution in [1.82, 2.24) is 4.90 Å². The number of methoxy groups -OCH3 is 2. The highest BCUT2D eigenvalue weighted by atomic mass is 16.5. The van der Waals surface area contributed by atoms with Gasteiger partial charge in [-0.1, -0.05) is 0 Å². The summed E-state index contributed by atoms with van der Waals surface area (Å²) in [6.07, 6.45) is -0.249. The number of furan rings is 1. The molecule has 0 amide bonds. The van der Waals surface area contributed by atoms with Crippen molar-refractivity contribution in [2.24, 2.45) is 0 Å². The molecule has 7 nitrogen and oxygen atoms in total. The number of aliphatic hydroxyl groups is 1. The number of hydrogen-bond donors (Lipinski definition) is 1. The Labute approximate surface area is 122 Å². The van der Waals surface area contributed by atoms with E-state index >= 15 is 0 Å². The molecular weight excluding hydrogens is 278 g/mol. The van der Waals surface area contributed by atoms with Crippen LogP contribution in [0.3, 0.4) is 0 Å². The van der Waals surface area contributed by atoms with Gasteiger partial charge in [0, 0.05) is 18.5 Å². The molecule has 1 N–H and O–H groups in total. The molecule has 2 unspecified atom stereocenters. The summed E-state index contributed by atoms with van der Waals surface area (Å²) >= 11 is 0. The van der Waals surface area contributed by atoms with E-state index in [-0.39, 0.29) is 11.7 Å². The number of nitrogens with zero attached hydrogens (tertiary/aromatic N) is 1. The second-order valence-corrected chi connectivity index (χ2v) is 5.07. The van der Waals surface area contributed by atoms with E-state index in [0.717, 1.165) is 0 Å². The van der Waals surface area contributed by atoms with Crippen molar-refractivity contribution in [2.45, 2.75) is 32.0 Å². The first kappa shape index (κ1) is 15.5. The average Bonchev–Trinajstić information content (AvgIpc) is 3.00. The lowest BCUT2D eigenvalue weighted by atomic mass is 10.2. The number of ether oxygens (including phenoxy) is 2. The third kappa shape index (κ3) is 3.25. The van der Waals surface area contributed by atoms with Gasteiger partial charge in [0.05, 0.1) is 26.9 Å². The van der Waals surface area contributed by atoms with Crippen molar-refractivity contribution in [3.8, 4) is 0 Å². The Kier molecular flexibility index (Phi) is 4.64. The fourth-order valence-electron chi connectivity index (χ4n) is 2.56. The van der Waals surface area contributed by atoms with Crippen molar-refractivity contribution < 1.29 is 28.6 Å². The Bertz CT molecular complexity index is 538. The molecule has 1 aliphatic heterocycles. The van der Waals surface area contributed by atoms with Gasteiger partial charge in [-0.15, -0.1) is 0 Å². The van der Waals surface area contributed by atoms with Crippen LogP contribution < -0.4 is 0 Å². The molecule has 116 valence electrons. The lowest BCUT2D eigenvalue weighted by Gasteiger charge is -2.20. The molecule has 0 aliphatic carbocycles. The summed E-state index contributed by atoms with van der Waals surface area (Å²) in [7, 11) is 2.60. The highest BCUT2D eigenvalue weighted by Gasteiger charge is 2.37. The molecule has 2 rings (SSSR count). The van der Waals surface area contributed by atoms with Crippen LogP contribution in [0.1, 0.15) is 28.3 Å². The molecule has 1 aromatic rings. The molecule has 1 fully saturated rings. The van der Waals surface area contributed by atoms with Gasteiger partial charge in [0.1, 0.15) is 11.8 Å². The van der Waals surface area contributed by atoms with Crippen LogP contribution in [-0.2, 0) is 20.8 Å². The number of carbonyl (C=O) groups is 2. The highest BCUT2D eigenvalue weighted by molar-refractivity contribution is 5.87. The topological polar surface area (TPSA) is 89.2 Å². The molecule has 1 aromatic heterocycles. The Morgan fingerprint density at radius 2 is 2.14 bits per heavy atom. The van der Waals surface area contributed by atoms with Gasteiger partial charge in [-0.3, -0.25) is 9.69 Å². The van der Waals surface area contributed by atoms with Crippen molar-refractivity contribution in [2.75, 3.05) is 20.8 Å². The molecule has 2 atom stereocenters. The molecule has 21 heavy (non-hydrogen) atoms. The number of aliphatic hydroxyl groups excluding tert-OH is 1. The van der Waals surface area contributed by atoms with Crippen LogP contribution >= 0.6 is 0 Å². The zero-order chi connectivity index (χ0) is 15.6. The number of likely N-dealkylation sites (tertiary alicyclic amines) is 1. The molecule has 0 bridgehead atoms. The van der Waals surface area contributed by atoms with Crippen LogP contribution in [0.25, 0.3) is 0 Å². The number of aryl methyl sites for hydroxylation is 1. The monoisotopic (exact) mass is 297 g/mol. The van der Waals surface area contributed by atoms with Gasteiger partial charge >= 0.3 is 11.9 Å². The van der Waals surface area contributed by atoms with E-state index in [1.54, 1.807) is 17.9 Å². The smallest absolute Gasteiger partial charge is 0.374 e. The summed E-state index contributed by atoms with van der Waals surface area (Å²) in [4.78, 5) is 25.0. The lowest BCUT2D eigenvalue weighted by Crippen LogP contribution is -2.36. The van der Waals surface area contributed by atoms with Gasteiger partial charge in [0.15, 0.2) is 0 Å². The van der Waals surface area contributed by atoms with Gasteiger partial charge in [-0.2, -0.15) is 0 Å². The normalized spacial score (nSPS) is 22.3. The molecule has 0 aromatic carbocycles. The van der Waals surface area contributed by atoms with Gasteiger partial charge in [0.25, 0.3) is 0 Å². The first-order valence-corrected chi connectivity index (χ1v) is 6.63. The van der Waals surface area contributed by atoms with Gasteiger partial charge in [-0.25, -0.2) is 4.79 Å². The number of carbonyl (C=O) groups excluding carboxylic acids is 2. The largest absolute Gasteiger partial charge is 0.468 e. The molecule has 0 saturated carbocycles. The summed E-state index contributed by atoms with van der Waals surface area (Å²) in [5, 5.41) is 9.72. The summed E-state index contributed by atoms with van der Waals surface area (Å²) in [6.45, 7) is 2.41. The predicted octanol–water partition coefficient (Wildman–Crippen LogP) is 0.483. The average molecular weight is 297 g/mol. The number of hydrogen-bond acceptors (Lipinski definition) is 7. The summed E-state index contributed by atoms with van der Waals surface area (Å²) < 4.78 is 14.8. The third-order valence-corrected chi connectivity index (χ3v) is 3.55. The van der Waals surface area contributed by atoms with E-state index in [4.69, 9.17) is 9.15 Å². The van der Waals surface area contributed by atoms with Crippen LogP contribution in [0, 0.1) is 6.92 Å². The first-order chi connectivity index (χ1) is 9.96. The van der Waals surface area contributed by atoms with Gasteiger partial charge in [0.2, 0.25) is 5.76 Å². The van der Waals surface area contributed by atoms with E-state index in [2.05, 4.69) is 4.74 Å². The maximum atomic E-state index is 11.7. The minimum atomic E-state index is -0.578. The van der Waals surface area contributed by atoms with E-state index < -0.39 is 18.1 Å². The first-order valence-electron chi connectivity index (χ1n) is 6.63. The fraction of sp³-hybridized carbons (Fsp3) is 0.571. The minimum Gasteiger partial charge on any atom is -0.468 e. The van der Waals surface area contributed by atoms with Gasteiger partial charge < -0.3 is 19.0 Å². The van der Waals surface area contributed by atoms with Crippen molar-refractivity contribution in [1.29, 1.82) is 0 Å². The highest BCUT2D eigenvalue weighted by Crippen LogP contribution is 2.24. The maximum absolute atomic E-state index is 11.7. The molecule has 7 heteroatoms. The van der Waals surface area contributed by atoms with Crippen LogP contribution in [0.15, 0.2) is 10.5 Å². The maximum Gasteiger partial charge on any atom is 0.374 e. The second kappa shape index (κ2) is 6.28. The SMILES string of the molecule is COC(=O)c1oc(CN2CC(O)CC2C(=O)OC)cc1C. The minimum absolute atomic E-state index is 0.155. The molecular formula is C14H19NO6. The fourth-order valence-corrected chi connectivity index (χ4v) is 2.56. The van der Waals surface area contributed by atoms with Crippen molar-refractivity contribution in [3.05, 3.63) is 23.2 Å². The summed E-state index contributed by atoms with van der Waals surface area (Å²) in [5.74, 6) is -0.231.